The molecular weight excluding hydrogens is 236 g/mol. The summed E-state index contributed by atoms with van der Waals surface area (Å²) in [5.41, 5.74) is 0. The summed E-state index contributed by atoms with van der Waals surface area (Å²) >= 11 is 0. The zero-order valence-electron chi connectivity index (χ0n) is 11.5. The third-order valence-corrected chi connectivity index (χ3v) is 2.53. The smallest absolute Gasteiger partial charge is 0.326 e. The molecule has 106 valence electrons. The van der Waals surface area contributed by atoms with Crippen molar-refractivity contribution in [3.8, 4) is 0 Å². The van der Waals surface area contributed by atoms with E-state index in [1.54, 1.807) is 14.0 Å². The molecule has 0 saturated heterocycles. The maximum Gasteiger partial charge on any atom is 0.326 e. The quantitative estimate of drug-likeness (QED) is 0.634. The highest BCUT2D eigenvalue weighted by Crippen LogP contribution is 2.05. The first-order valence-electron chi connectivity index (χ1n) is 6.16. The fourth-order valence-corrected chi connectivity index (χ4v) is 1.43. The highest BCUT2D eigenvalue weighted by molar-refractivity contribution is 5.82. The molecule has 0 aliphatic carbocycles. The van der Waals surface area contributed by atoms with Gasteiger partial charge in [0.1, 0.15) is 6.04 Å². The van der Waals surface area contributed by atoms with E-state index in [1.807, 2.05) is 13.8 Å². The molecule has 18 heavy (non-hydrogen) atoms. The van der Waals surface area contributed by atoms with Crippen molar-refractivity contribution < 1.29 is 19.8 Å². The second kappa shape index (κ2) is 7.92. The van der Waals surface area contributed by atoms with Crippen LogP contribution >= 0.6 is 0 Å². The largest absolute Gasteiger partial charge is 0.480 e. The first-order valence-corrected chi connectivity index (χ1v) is 6.16. The summed E-state index contributed by atoms with van der Waals surface area (Å²) in [5, 5.41) is 20.6. The van der Waals surface area contributed by atoms with Gasteiger partial charge in [0.15, 0.2) is 0 Å². The predicted octanol–water partition coefficient (Wildman–Crippen LogP) is 0.898. The van der Waals surface area contributed by atoms with E-state index in [9.17, 15) is 9.59 Å². The monoisotopic (exact) mass is 260 g/mol. The Morgan fingerprint density at radius 1 is 1.28 bits per heavy atom. The van der Waals surface area contributed by atoms with Gasteiger partial charge in [-0.2, -0.15) is 0 Å². The Hall–Kier alpha value is -1.30. The minimum absolute atomic E-state index is 0.189. The number of rotatable bonds is 7. The standard InChI is InChI=1S/C12H24N2O4/c1-8(2)7-10(11(16)17)13-12(18)14(4)6-5-9(3)15/h8-10,15H,5-7H2,1-4H3,(H,13,18)(H,16,17)/t9?,10-/m1/s1. The summed E-state index contributed by atoms with van der Waals surface area (Å²) in [6.07, 6.45) is 0.378. The molecule has 0 spiro atoms. The Bertz CT molecular complexity index is 279. The summed E-state index contributed by atoms with van der Waals surface area (Å²) in [4.78, 5) is 24.1. The van der Waals surface area contributed by atoms with Gasteiger partial charge in [0.25, 0.3) is 0 Å². The lowest BCUT2D eigenvalue weighted by Gasteiger charge is -2.22. The highest BCUT2D eigenvalue weighted by Gasteiger charge is 2.22. The number of hydrogen-bond donors (Lipinski definition) is 3. The molecule has 0 saturated carbocycles. The molecule has 0 fully saturated rings. The van der Waals surface area contributed by atoms with Crippen molar-refractivity contribution in [3.63, 3.8) is 0 Å². The van der Waals surface area contributed by atoms with Crippen molar-refractivity contribution in [2.24, 2.45) is 5.92 Å². The minimum Gasteiger partial charge on any atom is -0.480 e. The van der Waals surface area contributed by atoms with Crippen molar-refractivity contribution in [2.75, 3.05) is 13.6 Å². The SMILES string of the molecule is CC(C)C[C@@H](NC(=O)N(C)CCC(C)O)C(=O)O. The van der Waals surface area contributed by atoms with Crippen molar-refractivity contribution in [1.29, 1.82) is 0 Å². The summed E-state index contributed by atoms with van der Waals surface area (Å²) < 4.78 is 0. The lowest BCUT2D eigenvalue weighted by molar-refractivity contribution is -0.139. The van der Waals surface area contributed by atoms with Gasteiger partial charge in [-0.15, -0.1) is 0 Å². The molecule has 0 aromatic rings. The second-order valence-corrected chi connectivity index (χ2v) is 5.03. The van der Waals surface area contributed by atoms with Crippen LogP contribution in [0.15, 0.2) is 0 Å². The molecule has 2 atom stereocenters. The Labute approximate surface area is 108 Å². The Balaban J connectivity index is 4.27. The molecule has 0 aliphatic rings. The van der Waals surface area contributed by atoms with E-state index in [2.05, 4.69) is 5.32 Å². The number of aliphatic hydroxyl groups is 1. The fourth-order valence-electron chi connectivity index (χ4n) is 1.43. The van der Waals surface area contributed by atoms with Gasteiger partial charge < -0.3 is 20.4 Å². The normalized spacial score (nSPS) is 14.1. The number of carbonyl (C=O) groups excluding carboxylic acids is 1. The van der Waals surface area contributed by atoms with Crippen molar-refractivity contribution in [3.05, 3.63) is 0 Å². The number of aliphatic carboxylic acids is 1. The van der Waals surface area contributed by atoms with Gasteiger partial charge in [0, 0.05) is 13.6 Å². The van der Waals surface area contributed by atoms with Crippen LogP contribution in [0, 0.1) is 5.92 Å². The van der Waals surface area contributed by atoms with Crippen LogP contribution in [0.4, 0.5) is 4.79 Å². The third-order valence-electron chi connectivity index (χ3n) is 2.53. The van der Waals surface area contributed by atoms with Gasteiger partial charge in [-0.05, 0) is 25.7 Å². The molecule has 0 heterocycles. The predicted molar refractivity (Wildman–Crippen MR) is 68.3 cm³/mol. The third kappa shape index (κ3) is 7.11. The van der Waals surface area contributed by atoms with Crippen LogP contribution in [0.25, 0.3) is 0 Å². The lowest BCUT2D eigenvalue weighted by Crippen LogP contribution is -2.47. The molecule has 0 bridgehead atoms. The number of carbonyl (C=O) groups is 2. The van der Waals surface area contributed by atoms with Crippen LogP contribution in [-0.4, -0.2) is 52.9 Å². The molecular formula is C12H24N2O4. The van der Waals surface area contributed by atoms with Crippen LogP contribution in [0.3, 0.4) is 0 Å². The zero-order valence-corrected chi connectivity index (χ0v) is 11.5. The molecule has 2 amide bonds. The lowest BCUT2D eigenvalue weighted by atomic mass is 10.0. The molecule has 3 N–H and O–H groups in total. The van der Waals surface area contributed by atoms with Crippen molar-refractivity contribution in [2.45, 2.75) is 45.8 Å². The highest BCUT2D eigenvalue weighted by atomic mass is 16.4. The number of aliphatic hydroxyl groups excluding tert-OH is 1. The van der Waals surface area contributed by atoms with Gasteiger partial charge in [0.2, 0.25) is 0 Å². The molecule has 6 heteroatoms. The fraction of sp³-hybridized carbons (Fsp3) is 0.833. The van der Waals surface area contributed by atoms with E-state index < -0.39 is 24.1 Å². The number of carboxylic acids is 1. The minimum atomic E-state index is -1.03. The number of amides is 2. The average Bonchev–Trinajstić information content (AvgIpc) is 2.23. The average molecular weight is 260 g/mol. The summed E-state index contributed by atoms with van der Waals surface area (Å²) in [5.74, 6) is -0.838. The van der Waals surface area contributed by atoms with E-state index in [1.165, 1.54) is 4.90 Å². The summed E-state index contributed by atoms with van der Waals surface area (Å²) in [6, 6.07) is -1.30. The molecule has 0 aliphatic heterocycles. The van der Waals surface area contributed by atoms with Crippen LogP contribution in [-0.2, 0) is 4.79 Å². The number of nitrogens with one attached hydrogen (secondary N) is 1. The maximum atomic E-state index is 11.7. The topological polar surface area (TPSA) is 89.9 Å². The molecule has 0 aromatic heterocycles. The van der Waals surface area contributed by atoms with Crippen LogP contribution < -0.4 is 5.32 Å². The summed E-state index contributed by atoms with van der Waals surface area (Å²) in [6.45, 7) is 5.83. The van der Waals surface area contributed by atoms with E-state index in [-0.39, 0.29) is 5.92 Å². The molecule has 1 unspecified atom stereocenters. The van der Waals surface area contributed by atoms with Crippen LogP contribution in [0.1, 0.15) is 33.6 Å². The van der Waals surface area contributed by atoms with Gasteiger partial charge >= 0.3 is 12.0 Å². The van der Waals surface area contributed by atoms with Gasteiger partial charge in [-0.1, -0.05) is 13.8 Å². The number of carboxylic acid groups (broad SMARTS) is 1. The number of hydrogen-bond acceptors (Lipinski definition) is 3. The second-order valence-electron chi connectivity index (χ2n) is 5.03. The van der Waals surface area contributed by atoms with Gasteiger partial charge in [-0.25, -0.2) is 9.59 Å². The molecule has 0 rings (SSSR count). The first-order chi connectivity index (χ1) is 8.23. The van der Waals surface area contributed by atoms with Gasteiger partial charge in [-0.3, -0.25) is 0 Å². The summed E-state index contributed by atoms with van der Waals surface area (Å²) in [7, 11) is 1.58. The van der Waals surface area contributed by atoms with Crippen molar-refractivity contribution >= 4 is 12.0 Å². The Kier molecular flexibility index (Phi) is 7.35. The van der Waals surface area contributed by atoms with E-state index >= 15 is 0 Å². The van der Waals surface area contributed by atoms with Crippen LogP contribution in [0.5, 0.6) is 0 Å². The zero-order chi connectivity index (χ0) is 14.3. The number of nitrogens with zero attached hydrogens (tertiary/aromatic N) is 1. The van der Waals surface area contributed by atoms with E-state index in [0.717, 1.165) is 0 Å². The Morgan fingerprint density at radius 2 is 1.83 bits per heavy atom. The molecule has 0 radical (unpaired) electrons. The van der Waals surface area contributed by atoms with Gasteiger partial charge in [0.05, 0.1) is 6.10 Å². The van der Waals surface area contributed by atoms with Crippen LogP contribution in [0.2, 0.25) is 0 Å². The molecule has 6 nitrogen and oxygen atoms in total. The van der Waals surface area contributed by atoms with E-state index in [0.29, 0.717) is 19.4 Å². The Morgan fingerprint density at radius 3 is 2.22 bits per heavy atom. The maximum absolute atomic E-state index is 11.7. The molecule has 0 aromatic carbocycles. The van der Waals surface area contributed by atoms with E-state index in [4.69, 9.17) is 10.2 Å². The first kappa shape index (κ1) is 16.7. The number of urea groups is 1. The van der Waals surface area contributed by atoms with Crippen molar-refractivity contribution in [1.82, 2.24) is 10.2 Å².